The maximum Gasteiger partial charge on any atom is 0.358 e. The van der Waals surface area contributed by atoms with Crippen LogP contribution in [0, 0.1) is 11.3 Å². The lowest BCUT2D eigenvalue weighted by molar-refractivity contribution is -0.123. The highest BCUT2D eigenvalue weighted by atomic mass is 32.1. The Morgan fingerprint density at radius 2 is 2.00 bits per heavy atom. The van der Waals surface area contributed by atoms with Crippen LogP contribution in [0.3, 0.4) is 0 Å². The molecule has 0 aliphatic heterocycles. The number of esters is 1. The zero-order chi connectivity index (χ0) is 18.5. The van der Waals surface area contributed by atoms with Crippen LogP contribution >= 0.6 is 22.7 Å². The van der Waals surface area contributed by atoms with Crippen molar-refractivity contribution in [2.24, 2.45) is 0 Å². The molecule has 0 fully saturated rings. The van der Waals surface area contributed by atoms with Gasteiger partial charge in [-0.05, 0) is 42.6 Å². The third-order valence-corrected chi connectivity index (χ3v) is 5.26. The average molecular weight is 383 g/mol. The number of rotatable bonds is 5. The van der Waals surface area contributed by atoms with E-state index >= 15 is 0 Å². The van der Waals surface area contributed by atoms with E-state index in [0.29, 0.717) is 11.3 Å². The molecule has 0 aliphatic carbocycles. The Hall–Kier alpha value is -3.02. The van der Waals surface area contributed by atoms with Gasteiger partial charge in [-0.1, -0.05) is 6.07 Å². The van der Waals surface area contributed by atoms with Gasteiger partial charge < -0.3 is 10.1 Å². The SMILES string of the molecule is C[C@@H](OC(=O)c1csc(-c2cccs2)n1)C(=O)Nc1ccc(C#N)cc1. The van der Waals surface area contributed by atoms with Crippen molar-refractivity contribution in [2.45, 2.75) is 13.0 Å². The van der Waals surface area contributed by atoms with Crippen molar-refractivity contribution in [3.8, 4) is 16.0 Å². The monoisotopic (exact) mass is 383 g/mol. The number of anilines is 1. The van der Waals surface area contributed by atoms with Crippen LogP contribution in [0.1, 0.15) is 23.0 Å². The van der Waals surface area contributed by atoms with Crippen LogP contribution in [0.5, 0.6) is 0 Å². The first-order valence-electron chi connectivity index (χ1n) is 7.58. The molecule has 0 bridgehead atoms. The molecule has 0 unspecified atom stereocenters. The van der Waals surface area contributed by atoms with Crippen LogP contribution in [0.4, 0.5) is 5.69 Å². The third kappa shape index (κ3) is 4.14. The number of hydrogen-bond acceptors (Lipinski definition) is 7. The minimum Gasteiger partial charge on any atom is -0.448 e. The van der Waals surface area contributed by atoms with Gasteiger partial charge in [0.25, 0.3) is 5.91 Å². The highest BCUT2D eigenvalue weighted by Gasteiger charge is 2.21. The van der Waals surface area contributed by atoms with Gasteiger partial charge in [0, 0.05) is 11.1 Å². The number of thiazole rings is 1. The number of carbonyl (C=O) groups excluding carboxylic acids is 2. The molecular formula is C18H13N3O3S2. The largest absolute Gasteiger partial charge is 0.448 e. The number of nitrogens with one attached hydrogen (secondary N) is 1. The molecule has 3 rings (SSSR count). The first-order valence-corrected chi connectivity index (χ1v) is 9.34. The summed E-state index contributed by atoms with van der Waals surface area (Å²) < 4.78 is 5.19. The van der Waals surface area contributed by atoms with Crippen molar-refractivity contribution in [2.75, 3.05) is 5.32 Å². The van der Waals surface area contributed by atoms with Crippen molar-refractivity contribution in [1.82, 2.24) is 4.98 Å². The molecular weight excluding hydrogens is 370 g/mol. The molecule has 1 aromatic carbocycles. The van der Waals surface area contributed by atoms with E-state index < -0.39 is 18.0 Å². The van der Waals surface area contributed by atoms with Gasteiger partial charge in [0.15, 0.2) is 11.8 Å². The molecule has 0 saturated carbocycles. The smallest absolute Gasteiger partial charge is 0.358 e. The highest BCUT2D eigenvalue weighted by molar-refractivity contribution is 7.20. The molecule has 0 aliphatic rings. The molecule has 0 spiro atoms. The van der Waals surface area contributed by atoms with Gasteiger partial charge >= 0.3 is 5.97 Å². The topological polar surface area (TPSA) is 92.1 Å². The lowest BCUT2D eigenvalue weighted by atomic mass is 10.2. The number of ether oxygens (including phenoxy) is 1. The van der Waals surface area contributed by atoms with Crippen molar-refractivity contribution in [3.05, 3.63) is 58.4 Å². The summed E-state index contributed by atoms with van der Waals surface area (Å²) >= 11 is 2.88. The van der Waals surface area contributed by atoms with Crippen LogP contribution in [0.25, 0.3) is 9.88 Å². The van der Waals surface area contributed by atoms with E-state index in [-0.39, 0.29) is 5.69 Å². The molecule has 1 N–H and O–H groups in total. The maximum atomic E-state index is 12.2. The molecule has 2 aromatic heterocycles. The Morgan fingerprint density at radius 1 is 1.23 bits per heavy atom. The maximum absolute atomic E-state index is 12.2. The predicted molar refractivity (Wildman–Crippen MR) is 100 cm³/mol. The summed E-state index contributed by atoms with van der Waals surface area (Å²) in [4.78, 5) is 29.6. The molecule has 8 heteroatoms. The second-order valence-corrected chi connectivity index (χ2v) is 7.05. The van der Waals surface area contributed by atoms with E-state index in [4.69, 9.17) is 10.00 Å². The molecule has 130 valence electrons. The first-order chi connectivity index (χ1) is 12.6. The Bertz CT molecular complexity index is 956. The minimum atomic E-state index is -0.981. The van der Waals surface area contributed by atoms with Crippen LogP contribution < -0.4 is 5.32 Å². The van der Waals surface area contributed by atoms with Crippen molar-refractivity contribution in [3.63, 3.8) is 0 Å². The second-order valence-electron chi connectivity index (χ2n) is 5.24. The first kappa shape index (κ1) is 17.8. The Balaban J connectivity index is 1.59. The summed E-state index contributed by atoms with van der Waals surface area (Å²) in [5.41, 5.74) is 1.19. The molecule has 1 atom stereocenters. The van der Waals surface area contributed by atoms with E-state index in [1.807, 2.05) is 23.6 Å². The number of nitriles is 1. The standard InChI is InChI=1S/C18H13N3O3S2/c1-11(16(22)20-13-6-4-12(9-19)5-7-13)24-18(23)14-10-26-17(21-14)15-3-2-8-25-15/h2-8,10-11H,1H3,(H,20,22)/t11-/m1/s1. The summed E-state index contributed by atoms with van der Waals surface area (Å²) in [6, 6.07) is 12.2. The molecule has 3 aromatic rings. The van der Waals surface area contributed by atoms with Gasteiger partial charge in [-0.3, -0.25) is 4.79 Å². The van der Waals surface area contributed by atoms with Crippen LogP contribution in [0.2, 0.25) is 0 Å². The van der Waals surface area contributed by atoms with Crippen LogP contribution in [-0.2, 0) is 9.53 Å². The number of carbonyl (C=O) groups is 2. The summed E-state index contributed by atoms with van der Waals surface area (Å²) in [5, 5.41) is 15.7. The van der Waals surface area contributed by atoms with Crippen molar-refractivity contribution >= 4 is 40.2 Å². The molecule has 26 heavy (non-hydrogen) atoms. The van der Waals surface area contributed by atoms with E-state index in [2.05, 4.69) is 10.3 Å². The highest BCUT2D eigenvalue weighted by Crippen LogP contribution is 2.28. The van der Waals surface area contributed by atoms with E-state index in [1.165, 1.54) is 29.6 Å². The zero-order valence-electron chi connectivity index (χ0n) is 13.6. The van der Waals surface area contributed by atoms with Crippen molar-refractivity contribution in [1.29, 1.82) is 5.26 Å². The quantitative estimate of drug-likeness (QED) is 0.674. The Morgan fingerprint density at radius 3 is 2.65 bits per heavy atom. The van der Waals surface area contributed by atoms with Gasteiger partial charge in [-0.15, -0.1) is 22.7 Å². The molecule has 6 nitrogen and oxygen atoms in total. The number of thiophene rings is 1. The van der Waals surface area contributed by atoms with Gasteiger partial charge in [-0.2, -0.15) is 5.26 Å². The summed E-state index contributed by atoms with van der Waals surface area (Å²) in [6.07, 6.45) is -0.981. The minimum absolute atomic E-state index is 0.177. The summed E-state index contributed by atoms with van der Waals surface area (Å²) in [5.74, 6) is -1.11. The fourth-order valence-electron chi connectivity index (χ4n) is 2.03. The lowest BCUT2D eigenvalue weighted by Crippen LogP contribution is -2.30. The fourth-order valence-corrected chi connectivity index (χ4v) is 3.63. The van der Waals surface area contributed by atoms with Gasteiger partial charge in [0.05, 0.1) is 16.5 Å². The average Bonchev–Trinajstić information content (AvgIpc) is 3.33. The molecule has 0 radical (unpaired) electrons. The Labute approximate surface area is 157 Å². The zero-order valence-corrected chi connectivity index (χ0v) is 15.3. The van der Waals surface area contributed by atoms with Crippen LogP contribution in [0.15, 0.2) is 47.2 Å². The molecule has 0 saturated heterocycles. The van der Waals surface area contributed by atoms with E-state index in [9.17, 15) is 9.59 Å². The Kier molecular flexibility index (Phi) is 5.41. The van der Waals surface area contributed by atoms with Gasteiger partial charge in [-0.25, -0.2) is 9.78 Å². The summed E-state index contributed by atoms with van der Waals surface area (Å²) in [6.45, 7) is 1.49. The fraction of sp³-hybridized carbons (Fsp3) is 0.111. The molecule has 2 heterocycles. The lowest BCUT2D eigenvalue weighted by Gasteiger charge is -2.12. The van der Waals surface area contributed by atoms with E-state index in [1.54, 1.807) is 29.6 Å². The number of nitrogens with zero attached hydrogens (tertiary/aromatic N) is 2. The van der Waals surface area contributed by atoms with E-state index in [0.717, 1.165) is 9.88 Å². The molecule has 1 amide bonds. The number of benzene rings is 1. The van der Waals surface area contributed by atoms with Crippen LogP contribution in [-0.4, -0.2) is 23.0 Å². The second kappa shape index (κ2) is 7.91. The predicted octanol–water partition coefficient (Wildman–Crippen LogP) is 3.93. The van der Waals surface area contributed by atoms with Gasteiger partial charge in [0.2, 0.25) is 0 Å². The number of amides is 1. The normalized spacial score (nSPS) is 11.4. The third-order valence-electron chi connectivity index (χ3n) is 3.38. The van der Waals surface area contributed by atoms with Gasteiger partial charge in [0.1, 0.15) is 5.01 Å². The number of aromatic nitrogens is 1. The summed E-state index contributed by atoms with van der Waals surface area (Å²) in [7, 11) is 0. The number of hydrogen-bond donors (Lipinski definition) is 1. The van der Waals surface area contributed by atoms with Crippen molar-refractivity contribution < 1.29 is 14.3 Å².